The van der Waals surface area contributed by atoms with Crippen LogP contribution in [0.25, 0.3) is 16.7 Å². The van der Waals surface area contributed by atoms with Gasteiger partial charge in [0.1, 0.15) is 22.5 Å². The smallest absolute Gasteiger partial charge is 0.250 e. The van der Waals surface area contributed by atoms with Crippen LogP contribution in [0.4, 0.5) is 5.69 Å². The molecule has 0 aliphatic rings. The highest BCUT2D eigenvalue weighted by Crippen LogP contribution is 2.23. The van der Waals surface area contributed by atoms with Gasteiger partial charge in [-0.15, -0.1) is 15.0 Å². The number of hydrogen-bond acceptors (Lipinski definition) is 4. The Labute approximate surface area is 133 Å². The van der Waals surface area contributed by atoms with Crippen LogP contribution < -0.4 is 5.32 Å². The topological polar surface area (TPSA) is 80.0 Å². The Balaban J connectivity index is 2.01. The summed E-state index contributed by atoms with van der Waals surface area (Å²) in [5, 5.41) is 21.4. The van der Waals surface area contributed by atoms with E-state index in [9.17, 15) is 9.90 Å². The van der Waals surface area contributed by atoms with E-state index in [1.807, 2.05) is 13.0 Å². The summed E-state index contributed by atoms with van der Waals surface area (Å²) in [4.78, 5) is 13.1. The van der Waals surface area contributed by atoms with Gasteiger partial charge in [0.15, 0.2) is 0 Å². The highest BCUT2D eigenvalue weighted by atomic mass is 16.3. The van der Waals surface area contributed by atoms with Crippen LogP contribution in [0.15, 0.2) is 48.6 Å². The van der Waals surface area contributed by atoms with Crippen molar-refractivity contribution in [3.63, 3.8) is 0 Å². The molecule has 0 radical (unpaired) electrons. The Morgan fingerprint density at radius 1 is 1.17 bits per heavy atom. The summed E-state index contributed by atoms with van der Waals surface area (Å²) < 4.78 is 0. The third-order valence-electron chi connectivity index (χ3n) is 3.37. The first-order chi connectivity index (χ1) is 10.9. The molecule has 116 valence electrons. The average molecular weight is 308 g/mol. The lowest BCUT2D eigenvalue weighted by Crippen LogP contribution is -2.11. The highest BCUT2D eigenvalue weighted by Gasteiger charge is 2.10. The zero-order chi connectivity index (χ0) is 16.6. The van der Waals surface area contributed by atoms with Gasteiger partial charge < -0.3 is 10.4 Å². The number of rotatable bonds is 3. The molecule has 3 aromatic rings. The number of amides is 1. The Morgan fingerprint density at radius 3 is 2.65 bits per heavy atom. The first-order valence-corrected chi connectivity index (χ1v) is 7.08. The molecule has 1 aromatic heterocycles. The number of benzene rings is 2. The van der Waals surface area contributed by atoms with Crippen molar-refractivity contribution in [2.75, 3.05) is 5.32 Å². The minimum absolute atomic E-state index is 0.103. The van der Waals surface area contributed by atoms with Gasteiger partial charge in [0, 0.05) is 11.3 Å². The van der Waals surface area contributed by atoms with Crippen LogP contribution in [0.3, 0.4) is 0 Å². The van der Waals surface area contributed by atoms with E-state index in [-0.39, 0.29) is 11.7 Å². The van der Waals surface area contributed by atoms with Gasteiger partial charge in [-0.05, 0) is 49.7 Å². The minimum atomic E-state index is -0.243. The number of carbonyl (C=O) groups excluding carboxylic acids is 1. The molecule has 3 rings (SSSR count). The van der Waals surface area contributed by atoms with Gasteiger partial charge in [0.25, 0.3) is 5.91 Å². The van der Waals surface area contributed by atoms with Crippen molar-refractivity contribution in [1.29, 1.82) is 0 Å². The molecule has 2 N–H and O–H groups in total. The second-order valence-corrected chi connectivity index (χ2v) is 5.42. The number of carbonyl (C=O) groups is 1. The fraction of sp³-hybridized carbons (Fsp3) is 0.118. The fourth-order valence-electron chi connectivity index (χ4n) is 2.13. The molecule has 0 bridgehead atoms. The molecule has 2 aromatic carbocycles. The molecular formula is C17H16N4O2. The Kier molecular flexibility index (Phi) is 3.57. The van der Waals surface area contributed by atoms with E-state index in [0.29, 0.717) is 28.0 Å². The van der Waals surface area contributed by atoms with E-state index in [2.05, 4.69) is 22.1 Å². The third-order valence-corrected chi connectivity index (χ3v) is 3.37. The largest absolute Gasteiger partial charge is 0.506 e. The lowest BCUT2D eigenvalue weighted by Gasteiger charge is -2.03. The number of aromatic hydroxyl groups is 1. The summed E-state index contributed by atoms with van der Waals surface area (Å²) >= 11 is 0. The van der Waals surface area contributed by atoms with Crippen LogP contribution in [0, 0.1) is 6.92 Å². The maximum atomic E-state index is 11.7. The van der Waals surface area contributed by atoms with E-state index in [0.717, 1.165) is 5.56 Å². The second-order valence-electron chi connectivity index (χ2n) is 5.42. The number of phenols is 1. The first kappa shape index (κ1) is 14.8. The summed E-state index contributed by atoms with van der Waals surface area (Å²) in [6.45, 7) is 7.17. The van der Waals surface area contributed by atoms with Crippen LogP contribution >= 0.6 is 0 Å². The quantitative estimate of drug-likeness (QED) is 0.729. The van der Waals surface area contributed by atoms with Crippen LogP contribution in [0.2, 0.25) is 0 Å². The van der Waals surface area contributed by atoms with Gasteiger partial charge in [-0.25, -0.2) is 0 Å². The number of nitrogens with one attached hydrogen (secondary N) is 1. The SMILES string of the molecule is C=C(C)C(=O)Nc1ccc2nn(-c3cc(C)ccc3O)nc2c1. The van der Waals surface area contributed by atoms with Gasteiger partial charge in [0.05, 0.1) is 0 Å². The van der Waals surface area contributed by atoms with Gasteiger partial charge in [0.2, 0.25) is 0 Å². The van der Waals surface area contributed by atoms with Crippen molar-refractivity contribution in [3.8, 4) is 11.4 Å². The number of anilines is 1. The molecule has 0 saturated heterocycles. The molecule has 0 unspecified atom stereocenters. The number of nitrogens with zero attached hydrogens (tertiary/aromatic N) is 3. The number of aromatic nitrogens is 3. The van der Waals surface area contributed by atoms with E-state index < -0.39 is 0 Å². The molecule has 23 heavy (non-hydrogen) atoms. The van der Waals surface area contributed by atoms with Gasteiger partial charge in [-0.1, -0.05) is 12.6 Å². The first-order valence-electron chi connectivity index (χ1n) is 7.08. The summed E-state index contributed by atoms with van der Waals surface area (Å²) in [6.07, 6.45) is 0. The third kappa shape index (κ3) is 2.91. The van der Waals surface area contributed by atoms with Crippen LogP contribution in [0.5, 0.6) is 5.75 Å². The van der Waals surface area contributed by atoms with E-state index in [1.54, 1.807) is 37.3 Å². The fourth-order valence-corrected chi connectivity index (χ4v) is 2.13. The summed E-state index contributed by atoms with van der Waals surface area (Å²) in [7, 11) is 0. The molecule has 6 nitrogen and oxygen atoms in total. The zero-order valence-corrected chi connectivity index (χ0v) is 12.9. The van der Waals surface area contributed by atoms with Gasteiger partial charge in [-0.3, -0.25) is 4.79 Å². The highest BCUT2D eigenvalue weighted by molar-refractivity contribution is 6.03. The molecular weight excluding hydrogens is 292 g/mol. The zero-order valence-electron chi connectivity index (χ0n) is 12.9. The van der Waals surface area contributed by atoms with E-state index in [4.69, 9.17) is 0 Å². The van der Waals surface area contributed by atoms with Crippen LogP contribution in [0.1, 0.15) is 12.5 Å². The molecule has 1 heterocycles. The maximum Gasteiger partial charge on any atom is 0.250 e. The molecule has 0 atom stereocenters. The minimum Gasteiger partial charge on any atom is -0.506 e. The Morgan fingerprint density at radius 2 is 1.91 bits per heavy atom. The Bertz CT molecular complexity index is 927. The monoisotopic (exact) mass is 308 g/mol. The van der Waals surface area contributed by atoms with Crippen molar-refractivity contribution in [2.24, 2.45) is 0 Å². The summed E-state index contributed by atoms with van der Waals surface area (Å²) in [5.41, 5.74) is 3.83. The number of fused-ring (bicyclic) bond motifs is 1. The molecule has 0 fully saturated rings. The van der Waals surface area contributed by atoms with Crippen molar-refractivity contribution in [3.05, 3.63) is 54.1 Å². The number of phenolic OH excluding ortho intramolecular Hbond substituents is 1. The molecule has 0 aliphatic heterocycles. The summed E-state index contributed by atoms with van der Waals surface area (Å²) in [5.74, 6) is -0.139. The standard InChI is InChI=1S/C17H16N4O2/c1-10(2)17(23)18-12-5-6-13-14(9-12)20-21(19-13)15-8-11(3)4-7-16(15)22/h4-9,22H,1H2,2-3H3,(H,18,23). The van der Waals surface area contributed by atoms with E-state index >= 15 is 0 Å². The lowest BCUT2D eigenvalue weighted by atomic mass is 10.2. The number of aryl methyl sites for hydroxylation is 1. The lowest BCUT2D eigenvalue weighted by molar-refractivity contribution is -0.112. The number of hydrogen-bond donors (Lipinski definition) is 2. The Hall–Kier alpha value is -3.15. The molecule has 1 amide bonds. The van der Waals surface area contributed by atoms with Gasteiger partial charge in [-0.2, -0.15) is 0 Å². The van der Waals surface area contributed by atoms with Crippen molar-refractivity contribution in [1.82, 2.24) is 15.0 Å². The summed E-state index contributed by atoms with van der Waals surface area (Å²) in [6, 6.07) is 10.5. The van der Waals surface area contributed by atoms with Crippen molar-refractivity contribution in [2.45, 2.75) is 13.8 Å². The average Bonchev–Trinajstić information content (AvgIpc) is 2.92. The van der Waals surface area contributed by atoms with Crippen LogP contribution in [-0.2, 0) is 4.79 Å². The van der Waals surface area contributed by atoms with Crippen LogP contribution in [-0.4, -0.2) is 26.0 Å². The molecule has 6 heteroatoms. The molecule has 0 spiro atoms. The molecule has 0 saturated carbocycles. The maximum absolute atomic E-state index is 11.7. The van der Waals surface area contributed by atoms with E-state index in [1.165, 1.54) is 4.80 Å². The normalized spacial score (nSPS) is 10.7. The van der Waals surface area contributed by atoms with Crippen molar-refractivity contribution >= 4 is 22.6 Å². The van der Waals surface area contributed by atoms with Gasteiger partial charge >= 0.3 is 0 Å². The predicted octanol–water partition coefficient (Wildman–Crippen LogP) is 2.95. The predicted molar refractivity (Wildman–Crippen MR) is 88.7 cm³/mol. The second kappa shape index (κ2) is 5.57. The molecule has 0 aliphatic carbocycles. The van der Waals surface area contributed by atoms with Crippen molar-refractivity contribution < 1.29 is 9.90 Å².